The maximum Gasteiger partial charge on any atom is 0.255 e. The van der Waals surface area contributed by atoms with Crippen LogP contribution in [-0.4, -0.2) is 64.5 Å². The molecule has 0 atom stereocenters. The number of hydrogen-bond donors (Lipinski definition) is 2. The molecule has 1 saturated heterocycles. The van der Waals surface area contributed by atoms with E-state index in [-0.39, 0.29) is 18.4 Å². The van der Waals surface area contributed by atoms with Crippen molar-refractivity contribution < 1.29 is 9.59 Å². The summed E-state index contributed by atoms with van der Waals surface area (Å²) in [6, 6.07) is 10.3. The van der Waals surface area contributed by atoms with Gasteiger partial charge in [0.2, 0.25) is 5.91 Å². The highest BCUT2D eigenvalue weighted by Gasteiger charge is 2.21. The van der Waals surface area contributed by atoms with Crippen LogP contribution in [0.2, 0.25) is 0 Å². The van der Waals surface area contributed by atoms with Gasteiger partial charge in [0.1, 0.15) is 0 Å². The van der Waals surface area contributed by atoms with Gasteiger partial charge in [-0.1, -0.05) is 30.3 Å². The summed E-state index contributed by atoms with van der Waals surface area (Å²) < 4.78 is 0. The second-order valence-corrected chi connectivity index (χ2v) is 6.23. The quantitative estimate of drug-likeness (QED) is 0.843. The van der Waals surface area contributed by atoms with Crippen molar-refractivity contribution in [2.75, 3.05) is 32.7 Å². The summed E-state index contributed by atoms with van der Waals surface area (Å²) in [5.74, 6) is -0.323. The van der Waals surface area contributed by atoms with E-state index >= 15 is 0 Å². The van der Waals surface area contributed by atoms with Crippen molar-refractivity contribution in [3.8, 4) is 0 Å². The molecule has 2 amide bonds. The fourth-order valence-electron chi connectivity index (χ4n) is 2.94. The van der Waals surface area contributed by atoms with Gasteiger partial charge in [0.25, 0.3) is 5.91 Å². The smallest absolute Gasteiger partial charge is 0.255 e. The molecule has 0 saturated carbocycles. The topological polar surface area (TPSA) is 81.3 Å². The maximum atomic E-state index is 12.3. The highest BCUT2D eigenvalue weighted by atomic mass is 16.2. The van der Waals surface area contributed by atoms with Gasteiger partial charge < -0.3 is 10.2 Å². The molecule has 25 heavy (non-hydrogen) atoms. The number of benzene rings is 1. The molecule has 0 aliphatic carbocycles. The van der Waals surface area contributed by atoms with Crippen LogP contribution in [0.4, 0.5) is 0 Å². The van der Waals surface area contributed by atoms with Crippen LogP contribution in [0.15, 0.2) is 36.5 Å². The van der Waals surface area contributed by atoms with Crippen LogP contribution in [0.25, 0.3) is 0 Å². The first-order valence-corrected chi connectivity index (χ1v) is 8.45. The van der Waals surface area contributed by atoms with E-state index in [9.17, 15) is 9.59 Å². The molecule has 0 bridgehead atoms. The van der Waals surface area contributed by atoms with E-state index in [0.717, 1.165) is 19.6 Å². The van der Waals surface area contributed by atoms with Crippen molar-refractivity contribution in [2.24, 2.45) is 0 Å². The van der Waals surface area contributed by atoms with Crippen LogP contribution >= 0.6 is 0 Å². The van der Waals surface area contributed by atoms with Crippen LogP contribution in [-0.2, 0) is 11.3 Å². The molecular formula is C18H23N5O2. The van der Waals surface area contributed by atoms with Gasteiger partial charge >= 0.3 is 0 Å². The zero-order valence-corrected chi connectivity index (χ0v) is 14.4. The summed E-state index contributed by atoms with van der Waals surface area (Å²) in [5.41, 5.74) is 2.45. The zero-order chi connectivity index (χ0) is 17.6. The second kappa shape index (κ2) is 7.94. The minimum atomic E-state index is -0.276. The predicted molar refractivity (Wildman–Crippen MR) is 94.0 cm³/mol. The van der Waals surface area contributed by atoms with Gasteiger partial charge in [-0.3, -0.25) is 19.6 Å². The molecule has 2 aromatic rings. The molecule has 7 heteroatoms. The Morgan fingerprint density at radius 3 is 2.52 bits per heavy atom. The molecule has 1 aromatic heterocycles. The summed E-state index contributed by atoms with van der Waals surface area (Å²) in [5, 5.41) is 9.20. The summed E-state index contributed by atoms with van der Waals surface area (Å²) in [6.45, 7) is 5.75. The van der Waals surface area contributed by atoms with E-state index in [4.69, 9.17) is 0 Å². The van der Waals surface area contributed by atoms with Crippen LogP contribution in [0.5, 0.6) is 0 Å². The SMILES string of the molecule is Cc1[nH]ncc1C(=O)NCC(=O)N1CCN(Cc2ccccc2)CC1. The molecular weight excluding hydrogens is 318 g/mol. The lowest BCUT2D eigenvalue weighted by atomic mass is 10.2. The molecule has 2 N–H and O–H groups in total. The van der Waals surface area contributed by atoms with E-state index in [1.807, 2.05) is 23.1 Å². The molecule has 132 valence electrons. The molecule has 3 rings (SSSR count). The summed E-state index contributed by atoms with van der Waals surface area (Å²) >= 11 is 0. The molecule has 1 fully saturated rings. The van der Waals surface area contributed by atoms with Gasteiger partial charge in [-0.15, -0.1) is 0 Å². The third-order valence-electron chi connectivity index (χ3n) is 4.45. The molecule has 0 radical (unpaired) electrons. The van der Waals surface area contributed by atoms with Crippen molar-refractivity contribution in [3.05, 3.63) is 53.3 Å². The van der Waals surface area contributed by atoms with E-state index in [1.54, 1.807) is 6.92 Å². The largest absolute Gasteiger partial charge is 0.343 e. The normalized spacial score (nSPS) is 15.2. The Labute approximate surface area is 147 Å². The van der Waals surface area contributed by atoms with Gasteiger partial charge in [-0.05, 0) is 12.5 Å². The molecule has 7 nitrogen and oxygen atoms in total. The number of aromatic nitrogens is 2. The first-order chi connectivity index (χ1) is 12.1. The van der Waals surface area contributed by atoms with Crippen LogP contribution in [0.3, 0.4) is 0 Å². The highest BCUT2D eigenvalue weighted by Crippen LogP contribution is 2.08. The maximum absolute atomic E-state index is 12.3. The standard InChI is InChI=1S/C18H23N5O2/c1-14-16(11-20-21-14)18(25)19-12-17(24)23-9-7-22(8-10-23)13-15-5-3-2-4-6-15/h2-6,11H,7-10,12-13H2,1H3,(H,19,25)(H,20,21). The molecule has 1 aromatic carbocycles. The van der Waals surface area contributed by atoms with Crippen molar-refractivity contribution in [3.63, 3.8) is 0 Å². The van der Waals surface area contributed by atoms with Gasteiger partial charge in [0.05, 0.1) is 18.3 Å². The van der Waals surface area contributed by atoms with Gasteiger partial charge in [0, 0.05) is 38.4 Å². The number of H-pyrrole nitrogens is 1. The first-order valence-electron chi connectivity index (χ1n) is 8.45. The number of carbonyl (C=O) groups excluding carboxylic acids is 2. The fraction of sp³-hybridized carbons (Fsp3) is 0.389. The summed E-state index contributed by atoms with van der Waals surface area (Å²) in [6.07, 6.45) is 1.47. The third-order valence-corrected chi connectivity index (χ3v) is 4.45. The van der Waals surface area contributed by atoms with E-state index in [1.165, 1.54) is 11.8 Å². The Morgan fingerprint density at radius 1 is 1.16 bits per heavy atom. The van der Waals surface area contributed by atoms with E-state index < -0.39 is 0 Å². The van der Waals surface area contributed by atoms with Crippen LogP contribution in [0, 0.1) is 6.92 Å². The van der Waals surface area contributed by atoms with Crippen molar-refractivity contribution in [1.29, 1.82) is 0 Å². The van der Waals surface area contributed by atoms with Crippen LogP contribution < -0.4 is 5.32 Å². The Bertz CT molecular complexity index is 720. The number of carbonyl (C=O) groups is 2. The first kappa shape index (κ1) is 17.2. The second-order valence-electron chi connectivity index (χ2n) is 6.23. The van der Waals surface area contributed by atoms with Crippen molar-refractivity contribution in [1.82, 2.24) is 25.3 Å². The molecule has 1 aliphatic heterocycles. The number of aromatic amines is 1. The fourth-order valence-corrected chi connectivity index (χ4v) is 2.94. The lowest BCUT2D eigenvalue weighted by Crippen LogP contribution is -2.50. The Hall–Kier alpha value is -2.67. The molecule has 0 spiro atoms. The monoisotopic (exact) mass is 341 g/mol. The Balaban J connectivity index is 1.42. The number of piperazine rings is 1. The summed E-state index contributed by atoms with van der Waals surface area (Å²) in [4.78, 5) is 28.5. The summed E-state index contributed by atoms with van der Waals surface area (Å²) in [7, 11) is 0. The average Bonchev–Trinajstić information content (AvgIpc) is 3.07. The minimum absolute atomic E-state index is 0.0160. The van der Waals surface area contributed by atoms with E-state index in [0.29, 0.717) is 24.3 Å². The zero-order valence-electron chi connectivity index (χ0n) is 14.4. The highest BCUT2D eigenvalue weighted by molar-refractivity contribution is 5.97. The van der Waals surface area contributed by atoms with E-state index in [2.05, 4.69) is 32.5 Å². The number of rotatable bonds is 5. The Kier molecular flexibility index (Phi) is 5.45. The van der Waals surface area contributed by atoms with Gasteiger partial charge in [-0.25, -0.2) is 0 Å². The molecule has 0 unspecified atom stereocenters. The predicted octanol–water partition coefficient (Wildman–Crippen LogP) is 0.792. The van der Waals surface area contributed by atoms with Crippen molar-refractivity contribution in [2.45, 2.75) is 13.5 Å². The number of nitrogens with one attached hydrogen (secondary N) is 2. The molecule has 1 aliphatic rings. The number of hydrogen-bond acceptors (Lipinski definition) is 4. The van der Waals surface area contributed by atoms with Crippen molar-refractivity contribution >= 4 is 11.8 Å². The average molecular weight is 341 g/mol. The third kappa shape index (κ3) is 4.45. The number of nitrogens with zero attached hydrogens (tertiary/aromatic N) is 3. The Morgan fingerprint density at radius 2 is 1.88 bits per heavy atom. The van der Waals surface area contributed by atoms with Gasteiger partial charge in [-0.2, -0.15) is 5.10 Å². The van der Waals surface area contributed by atoms with Gasteiger partial charge in [0.15, 0.2) is 0 Å². The number of aryl methyl sites for hydroxylation is 1. The lowest BCUT2D eigenvalue weighted by molar-refractivity contribution is -0.131. The number of amides is 2. The molecule has 2 heterocycles. The van der Waals surface area contributed by atoms with Crippen LogP contribution in [0.1, 0.15) is 21.6 Å². The lowest BCUT2D eigenvalue weighted by Gasteiger charge is -2.34. The minimum Gasteiger partial charge on any atom is -0.343 e.